The average molecular weight is 555 g/mol. The van der Waals surface area contributed by atoms with E-state index >= 15 is 0 Å². The number of sulfone groups is 1. The molecule has 4 nitrogen and oxygen atoms in total. The Kier molecular flexibility index (Phi) is 16.6. The SMILES string of the molecule is CCCCCCCCCCCCCCCCCC(=O)NC(C(Cl)(Cl)Cl)S(=O)(=O)c1ccccc1. The molecule has 1 N–H and O–H groups in total. The van der Waals surface area contributed by atoms with Gasteiger partial charge in [-0.25, -0.2) is 8.42 Å². The lowest BCUT2D eigenvalue weighted by Crippen LogP contribution is -2.49. The van der Waals surface area contributed by atoms with Crippen LogP contribution in [0.4, 0.5) is 0 Å². The van der Waals surface area contributed by atoms with Crippen LogP contribution in [0.1, 0.15) is 110 Å². The van der Waals surface area contributed by atoms with Crippen LogP contribution >= 0.6 is 34.8 Å². The number of benzene rings is 1. The molecular formula is C26H42Cl3NO3S. The largest absolute Gasteiger partial charge is 0.336 e. The number of nitrogens with one attached hydrogen (secondary N) is 1. The van der Waals surface area contributed by atoms with Gasteiger partial charge in [-0.2, -0.15) is 0 Å². The van der Waals surface area contributed by atoms with Crippen LogP contribution in [-0.2, 0) is 14.6 Å². The van der Waals surface area contributed by atoms with Crippen molar-refractivity contribution in [2.75, 3.05) is 0 Å². The van der Waals surface area contributed by atoms with Crippen LogP contribution in [0, 0.1) is 0 Å². The monoisotopic (exact) mass is 553 g/mol. The maximum atomic E-state index is 12.9. The summed E-state index contributed by atoms with van der Waals surface area (Å²) in [5.41, 5.74) is 0. The number of carbonyl (C=O) groups is 1. The third-order valence-electron chi connectivity index (χ3n) is 5.98. The van der Waals surface area contributed by atoms with Crippen LogP contribution in [0.25, 0.3) is 0 Å². The third kappa shape index (κ3) is 13.6. The van der Waals surface area contributed by atoms with Gasteiger partial charge in [0.25, 0.3) is 0 Å². The van der Waals surface area contributed by atoms with Crippen LogP contribution in [0.2, 0.25) is 0 Å². The number of amides is 1. The van der Waals surface area contributed by atoms with Gasteiger partial charge in [0.05, 0.1) is 4.90 Å². The van der Waals surface area contributed by atoms with E-state index in [9.17, 15) is 13.2 Å². The molecule has 0 bridgehead atoms. The van der Waals surface area contributed by atoms with Crippen LogP contribution in [0.5, 0.6) is 0 Å². The zero-order chi connectivity index (χ0) is 25.3. The molecule has 0 fully saturated rings. The van der Waals surface area contributed by atoms with Crippen LogP contribution in [0.15, 0.2) is 35.2 Å². The van der Waals surface area contributed by atoms with Gasteiger partial charge in [-0.15, -0.1) is 0 Å². The van der Waals surface area contributed by atoms with Crippen LogP contribution in [-0.4, -0.2) is 23.5 Å². The first-order chi connectivity index (χ1) is 16.2. The number of hydrogen-bond donors (Lipinski definition) is 1. The van der Waals surface area contributed by atoms with Crippen molar-refractivity contribution in [1.29, 1.82) is 0 Å². The number of halogens is 3. The Morgan fingerprint density at radius 2 is 1.18 bits per heavy atom. The molecule has 1 amide bonds. The van der Waals surface area contributed by atoms with E-state index < -0.39 is 24.9 Å². The Morgan fingerprint density at radius 1 is 0.765 bits per heavy atom. The first-order valence-corrected chi connectivity index (χ1v) is 15.5. The normalized spacial score (nSPS) is 13.1. The Balaban J connectivity index is 2.17. The molecule has 0 aliphatic rings. The fourth-order valence-corrected chi connectivity index (χ4v) is 6.62. The smallest absolute Gasteiger partial charge is 0.225 e. The molecule has 8 heteroatoms. The molecule has 1 atom stereocenters. The van der Waals surface area contributed by atoms with Crippen molar-refractivity contribution in [2.45, 2.75) is 124 Å². The zero-order valence-electron chi connectivity index (χ0n) is 20.5. The molecule has 0 spiro atoms. The summed E-state index contributed by atoms with van der Waals surface area (Å²) in [4.78, 5) is 12.4. The van der Waals surface area contributed by atoms with Gasteiger partial charge in [-0.1, -0.05) is 150 Å². The summed E-state index contributed by atoms with van der Waals surface area (Å²) >= 11 is 17.7. The number of unbranched alkanes of at least 4 members (excludes halogenated alkanes) is 14. The van der Waals surface area contributed by atoms with Crippen molar-refractivity contribution in [2.24, 2.45) is 0 Å². The molecule has 1 aromatic rings. The first-order valence-electron chi connectivity index (χ1n) is 12.8. The zero-order valence-corrected chi connectivity index (χ0v) is 23.6. The van der Waals surface area contributed by atoms with E-state index in [4.69, 9.17) is 34.8 Å². The van der Waals surface area contributed by atoms with Crippen molar-refractivity contribution >= 4 is 50.5 Å². The topological polar surface area (TPSA) is 63.2 Å². The van der Waals surface area contributed by atoms with E-state index in [1.807, 2.05) is 0 Å². The Labute approximate surface area is 222 Å². The van der Waals surface area contributed by atoms with Crippen molar-refractivity contribution in [3.63, 3.8) is 0 Å². The maximum Gasteiger partial charge on any atom is 0.225 e. The minimum Gasteiger partial charge on any atom is -0.336 e. The van der Waals surface area contributed by atoms with Gasteiger partial charge in [0, 0.05) is 6.42 Å². The highest BCUT2D eigenvalue weighted by Gasteiger charge is 2.44. The molecule has 0 aromatic heterocycles. The first kappa shape index (κ1) is 31.5. The molecule has 196 valence electrons. The molecule has 34 heavy (non-hydrogen) atoms. The lowest BCUT2D eigenvalue weighted by molar-refractivity contribution is -0.121. The highest BCUT2D eigenvalue weighted by Crippen LogP contribution is 2.35. The molecule has 0 aliphatic carbocycles. The predicted octanol–water partition coefficient (Wildman–Crippen LogP) is 8.53. The van der Waals surface area contributed by atoms with E-state index in [-0.39, 0.29) is 11.3 Å². The minimum absolute atomic E-state index is 0.00130. The van der Waals surface area contributed by atoms with Gasteiger partial charge in [-0.05, 0) is 18.6 Å². The number of carbonyl (C=O) groups excluding carboxylic acids is 1. The van der Waals surface area contributed by atoms with Gasteiger partial charge in [0.15, 0.2) is 5.37 Å². The van der Waals surface area contributed by atoms with E-state index in [2.05, 4.69) is 12.2 Å². The quantitative estimate of drug-likeness (QED) is 0.138. The lowest BCUT2D eigenvalue weighted by atomic mass is 10.0. The lowest BCUT2D eigenvalue weighted by Gasteiger charge is -2.25. The highest BCUT2D eigenvalue weighted by molar-refractivity contribution is 7.92. The Morgan fingerprint density at radius 3 is 1.59 bits per heavy atom. The second kappa shape index (κ2) is 17.9. The number of hydrogen-bond acceptors (Lipinski definition) is 3. The fraction of sp³-hybridized carbons (Fsp3) is 0.731. The van der Waals surface area contributed by atoms with Gasteiger partial charge in [0.1, 0.15) is 0 Å². The van der Waals surface area contributed by atoms with Crippen molar-refractivity contribution < 1.29 is 13.2 Å². The van der Waals surface area contributed by atoms with Crippen molar-refractivity contribution in [1.82, 2.24) is 5.32 Å². The molecule has 0 radical (unpaired) electrons. The highest BCUT2D eigenvalue weighted by atomic mass is 35.6. The summed E-state index contributed by atoms with van der Waals surface area (Å²) in [6.45, 7) is 2.25. The average Bonchev–Trinajstić information content (AvgIpc) is 2.79. The summed E-state index contributed by atoms with van der Waals surface area (Å²) < 4.78 is 23.5. The van der Waals surface area contributed by atoms with E-state index in [1.165, 1.54) is 82.8 Å². The van der Waals surface area contributed by atoms with Crippen molar-refractivity contribution in [3.8, 4) is 0 Å². The summed E-state index contributed by atoms with van der Waals surface area (Å²) in [6, 6.07) is 7.69. The van der Waals surface area contributed by atoms with Crippen molar-refractivity contribution in [3.05, 3.63) is 30.3 Å². The molecule has 1 unspecified atom stereocenters. The Bertz CT molecular complexity index is 767. The predicted molar refractivity (Wildman–Crippen MR) is 145 cm³/mol. The molecule has 0 saturated carbocycles. The molecular weight excluding hydrogens is 513 g/mol. The van der Waals surface area contributed by atoms with Gasteiger partial charge < -0.3 is 5.32 Å². The number of alkyl halides is 3. The van der Waals surface area contributed by atoms with Gasteiger partial charge in [-0.3, -0.25) is 4.79 Å². The van der Waals surface area contributed by atoms with E-state index in [0.717, 1.165) is 19.3 Å². The maximum absolute atomic E-state index is 12.9. The summed E-state index contributed by atoms with van der Waals surface area (Å²) in [5, 5.41) is 0.780. The minimum atomic E-state index is -4.04. The summed E-state index contributed by atoms with van der Waals surface area (Å²) in [6.07, 6.45) is 18.8. The third-order valence-corrected chi connectivity index (χ3v) is 9.04. The molecule has 0 heterocycles. The van der Waals surface area contributed by atoms with E-state index in [0.29, 0.717) is 6.42 Å². The number of rotatable bonds is 19. The molecule has 1 aromatic carbocycles. The van der Waals surface area contributed by atoms with Crippen LogP contribution in [0.3, 0.4) is 0 Å². The van der Waals surface area contributed by atoms with E-state index in [1.54, 1.807) is 18.2 Å². The standard InChI is InChI=1S/C26H42Cl3NO3S/c1-2-3-4-5-6-7-8-9-10-11-12-13-14-15-19-22-24(31)30-25(26(27,28)29)34(32,33)23-20-17-16-18-21-23/h16-18,20-21,25H,2-15,19,22H2,1H3,(H,30,31). The second-order valence-corrected chi connectivity index (χ2v) is 13.4. The second-order valence-electron chi connectivity index (χ2n) is 9.05. The van der Waals surface area contributed by atoms with Gasteiger partial charge in [0.2, 0.25) is 19.5 Å². The Hall–Kier alpha value is -0.490. The summed E-state index contributed by atoms with van der Waals surface area (Å²) in [7, 11) is -4.04. The summed E-state index contributed by atoms with van der Waals surface area (Å²) in [5.74, 6) is -0.425. The fourth-order valence-electron chi connectivity index (χ4n) is 3.96. The van der Waals surface area contributed by atoms with Gasteiger partial charge >= 0.3 is 0 Å². The molecule has 1 rings (SSSR count). The molecule has 0 saturated heterocycles. The van der Waals surface area contributed by atoms with Crippen LogP contribution < -0.4 is 5.32 Å². The molecule has 0 aliphatic heterocycles.